The molecule has 1 aliphatic rings. The van der Waals surface area contributed by atoms with Crippen molar-refractivity contribution in [2.45, 2.75) is 6.92 Å². The van der Waals surface area contributed by atoms with Gasteiger partial charge in [0.05, 0.1) is 11.3 Å². The zero-order chi connectivity index (χ0) is 11.3. The van der Waals surface area contributed by atoms with Crippen molar-refractivity contribution in [3.63, 3.8) is 0 Å². The molecule has 1 rings (SSSR count). The van der Waals surface area contributed by atoms with Gasteiger partial charge in [-0.15, -0.1) is 0 Å². The van der Waals surface area contributed by atoms with E-state index in [1.165, 1.54) is 6.20 Å². The Hall–Kier alpha value is -1.84. The smallest absolute Gasteiger partial charge is 0.222 e. The summed E-state index contributed by atoms with van der Waals surface area (Å²) in [5, 5.41) is 0. The highest BCUT2D eigenvalue weighted by Gasteiger charge is 2.21. The van der Waals surface area contributed by atoms with E-state index in [1.807, 2.05) is 19.1 Å². The molecule has 0 aliphatic carbocycles. The third kappa shape index (κ3) is 2.15. The summed E-state index contributed by atoms with van der Waals surface area (Å²) < 4.78 is 5.40. The van der Waals surface area contributed by atoms with Gasteiger partial charge in [0, 0.05) is 18.8 Å². The zero-order valence-corrected chi connectivity index (χ0v) is 9.03. The maximum absolute atomic E-state index is 5.50. The number of ether oxygens (including phenoxy) is 1. The van der Waals surface area contributed by atoms with E-state index in [2.05, 4.69) is 16.7 Å². The molecule has 1 aliphatic heterocycles. The molecule has 0 aromatic carbocycles. The summed E-state index contributed by atoms with van der Waals surface area (Å²) in [6, 6.07) is 0. The van der Waals surface area contributed by atoms with Gasteiger partial charge in [-0.3, -0.25) is 4.99 Å². The molecule has 0 saturated carbocycles. The summed E-state index contributed by atoms with van der Waals surface area (Å²) in [6.45, 7) is 5.77. The molecular formula is C11H15N3O. The molecule has 0 amide bonds. The number of hydrogen-bond donors (Lipinski definition) is 1. The van der Waals surface area contributed by atoms with E-state index in [-0.39, 0.29) is 0 Å². The van der Waals surface area contributed by atoms with Crippen molar-refractivity contribution in [2.75, 3.05) is 13.7 Å². The van der Waals surface area contributed by atoms with E-state index >= 15 is 0 Å². The van der Waals surface area contributed by atoms with Crippen LogP contribution in [-0.2, 0) is 4.74 Å². The highest BCUT2D eigenvalue weighted by Crippen LogP contribution is 2.22. The molecule has 4 heteroatoms. The molecule has 1 heterocycles. The average Bonchev–Trinajstić information content (AvgIpc) is 2.28. The maximum Gasteiger partial charge on any atom is 0.222 e. The summed E-state index contributed by atoms with van der Waals surface area (Å²) in [4.78, 5) is 8.01. The van der Waals surface area contributed by atoms with Gasteiger partial charge < -0.3 is 10.5 Å². The molecule has 2 N–H and O–H groups in total. The van der Waals surface area contributed by atoms with Crippen LogP contribution in [0.1, 0.15) is 6.92 Å². The van der Waals surface area contributed by atoms with Crippen molar-refractivity contribution in [3.05, 3.63) is 35.4 Å². The van der Waals surface area contributed by atoms with Gasteiger partial charge in [0.15, 0.2) is 0 Å². The highest BCUT2D eigenvalue weighted by atomic mass is 16.5. The summed E-state index contributed by atoms with van der Waals surface area (Å²) >= 11 is 0. The van der Waals surface area contributed by atoms with E-state index in [9.17, 15) is 0 Å². The SMILES string of the molecule is C=NC1=C(/C=C\C)C(=NC)C(=CN)CO1. The van der Waals surface area contributed by atoms with Crippen LogP contribution < -0.4 is 5.73 Å². The van der Waals surface area contributed by atoms with Gasteiger partial charge in [-0.1, -0.05) is 12.2 Å². The average molecular weight is 205 g/mol. The minimum absolute atomic E-state index is 0.387. The van der Waals surface area contributed by atoms with Crippen molar-refractivity contribution in [3.8, 4) is 0 Å². The first-order valence-electron chi connectivity index (χ1n) is 4.63. The van der Waals surface area contributed by atoms with Gasteiger partial charge in [-0.2, -0.15) is 0 Å². The van der Waals surface area contributed by atoms with Crippen LogP contribution >= 0.6 is 0 Å². The van der Waals surface area contributed by atoms with E-state index < -0.39 is 0 Å². The van der Waals surface area contributed by atoms with Gasteiger partial charge >= 0.3 is 0 Å². The lowest BCUT2D eigenvalue weighted by atomic mass is 10.0. The molecule has 0 fully saturated rings. The van der Waals surface area contributed by atoms with Gasteiger partial charge in [0.25, 0.3) is 0 Å². The Morgan fingerprint density at radius 3 is 2.73 bits per heavy atom. The Kier molecular flexibility index (Phi) is 3.85. The Morgan fingerprint density at radius 2 is 2.27 bits per heavy atom. The molecule has 0 aromatic rings. The standard InChI is InChI=1S/C11H15N3O/c1-4-5-9-10(13-2)8(6-12)7-15-11(9)14-3/h4-6H,3,7,12H2,1-2H3/b5-4-,8-6?,13-10?. The Balaban J connectivity index is 3.29. The first-order valence-corrected chi connectivity index (χ1v) is 4.63. The predicted molar refractivity (Wildman–Crippen MR) is 63.0 cm³/mol. The van der Waals surface area contributed by atoms with E-state index in [0.717, 1.165) is 16.9 Å². The zero-order valence-electron chi connectivity index (χ0n) is 9.03. The van der Waals surface area contributed by atoms with Gasteiger partial charge in [-0.25, -0.2) is 4.99 Å². The molecule has 0 saturated heterocycles. The Labute approximate surface area is 89.6 Å². The molecular weight excluding hydrogens is 190 g/mol. The van der Waals surface area contributed by atoms with Crippen LogP contribution in [0.5, 0.6) is 0 Å². The number of aliphatic imine (C=N–C) groups is 2. The summed E-state index contributed by atoms with van der Waals surface area (Å²) in [7, 11) is 1.72. The Bertz CT molecular complexity index is 375. The number of rotatable bonds is 2. The Morgan fingerprint density at radius 1 is 1.53 bits per heavy atom. The lowest BCUT2D eigenvalue weighted by Gasteiger charge is -2.20. The van der Waals surface area contributed by atoms with Crippen LogP contribution in [-0.4, -0.2) is 26.1 Å². The molecule has 4 nitrogen and oxygen atoms in total. The van der Waals surface area contributed by atoms with Gasteiger partial charge in [-0.05, 0) is 13.6 Å². The topological polar surface area (TPSA) is 60.0 Å². The number of hydrogen-bond acceptors (Lipinski definition) is 4. The first kappa shape index (κ1) is 11.2. The van der Waals surface area contributed by atoms with Crippen LogP contribution in [0.4, 0.5) is 0 Å². The number of nitrogens with two attached hydrogens (primary N) is 1. The molecule has 0 unspecified atom stereocenters. The van der Waals surface area contributed by atoms with Crippen molar-refractivity contribution < 1.29 is 4.74 Å². The van der Waals surface area contributed by atoms with Crippen molar-refractivity contribution in [1.82, 2.24) is 0 Å². The van der Waals surface area contributed by atoms with E-state index in [0.29, 0.717) is 12.5 Å². The summed E-state index contributed by atoms with van der Waals surface area (Å²) in [5.74, 6) is 0.499. The largest absolute Gasteiger partial charge is 0.472 e. The van der Waals surface area contributed by atoms with E-state index in [1.54, 1.807) is 7.05 Å². The fourth-order valence-electron chi connectivity index (χ4n) is 1.41. The summed E-state index contributed by atoms with van der Waals surface area (Å²) in [6.07, 6.45) is 5.29. The van der Waals surface area contributed by atoms with Gasteiger partial charge in [0.1, 0.15) is 6.61 Å². The van der Waals surface area contributed by atoms with Crippen LogP contribution in [0.15, 0.2) is 45.4 Å². The molecule has 0 aromatic heterocycles. The minimum Gasteiger partial charge on any atom is -0.472 e. The lowest BCUT2D eigenvalue weighted by Crippen LogP contribution is -2.20. The fourth-order valence-corrected chi connectivity index (χ4v) is 1.41. The lowest BCUT2D eigenvalue weighted by molar-refractivity contribution is 0.235. The first-order chi connectivity index (χ1) is 7.28. The second-order valence-corrected chi connectivity index (χ2v) is 2.93. The van der Waals surface area contributed by atoms with Crippen LogP contribution in [0.3, 0.4) is 0 Å². The van der Waals surface area contributed by atoms with E-state index in [4.69, 9.17) is 10.5 Å². The maximum atomic E-state index is 5.50. The third-order valence-corrected chi connectivity index (χ3v) is 2.06. The van der Waals surface area contributed by atoms with Crippen molar-refractivity contribution in [2.24, 2.45) is 15.7 Å². The quantitative estimate of drug-likeness (QED) is 0.693. The number of nitrogens with zero attached hydrogens (tertiary/aromatic N) is 2. The summed E-state index contributed by atoms with van der Waals surface area (Å²) in [5.41, 5.74) is 7.98. The molecule has 0 bridgehead atoms. The number of allylic oxidation sites excluding steroid dienone is 3. The van der Waals surface area contributed by atoms with Crippen LogP contribution in [0, 0.1) is 0 Å². The second kappa shape index (κ2) is 5.14. The third-order valence-electron chi connectivity index (χ3n) is 2.06. The molecule has 0 atom stereocenters. The van der Waals surface area contributed by atoms with Crippen LogP contribution in [0.2, 0.25) is 0 Å². The second-order valence-electron chi connectivity index (χ2n) is 2.93. The van der Waals surface area contributed by atoms with Crippen molar-refractivity contribution >= 4 is 12.4 Å². The molecule has 80 valence electrons. The highest BCUT2D eigenvalue weighted by molar-refractivity contribution is 6.15. The minimum atomic E-state index is 0.387. The fraction of sp³-hybridized carbons (Fsp3) is 0.273. The van der Waals surface area contributed by atoms with Gasteiger partial charge in [0.2, 0.25) is 5.88 Å². The molecule has 0 spiro atoms. The molecule has 15 heavy (non-hydrogen) atoms. The normalized spacial score (nSPS) is 22.5. The van der Waals surface area contributed by atoms with Crippen molar-refractivity contribution in [1.29, 1.82) is 0 Å². The van der Waals surface area contributed by atoms with Crippen LogP contribution in [0.25, 0.3) is 0 Å². The predicted octanol–water partition coefficient (Wildman–Crippen LogP) is 1.42. The molecule has 0 radical (unpaired) electrons. The monoisotopic (exact) mass is 205 g/mol.